The maximum atomic E-state index is 5.12. The summed E-state index contributed by atoms with van der Waals surface area (Å²) >= 11 is 0. The van der Waals surface area contributed by atoms with Crippen molar-refractivity contribution in [3.8, 4) is 5.75 Å². The standard InChI is InChI=1S/C13H22N2O/c1-11(9-10-15(2)3)14-12-5-7-13(16-4)8-6-12/h5-8,11,14H,9-10H2,1-4H3. The van der Waals surface area contributed by atoms with Crippen LogP contribution in [0.5, 0.6) is 5.75 Å². The Balaban J connectivity index is 2.40. The van der Waals surface area contributed by atoms with Gasteiger partial charge in [0.2, 0.25) is 0 Å². The summed E-state index contributed by atoms with van der Waals surface area (Å²) in [7, 11) is 5.88. The third-order valence-corrected chi connectivity index (χ3v) is 2.51. The van der Waals surface area contributed by atoms with Crippen molar-refractivity contribution in [2.45, 2.75) is 19.4 Å². The second-order valence-electron chi connectivity index (χ2n) is 4.37. The van der Waals surface area contributed by atoms with Gasteiger partial charge in [-0.2, -0.15) is 0 Å². The average Bonchev–Trinajstić information content (AvgIpc) is 2.27. The molecule has 1 aromatic carbocycles. The van der Waals surface area contributed by atoms with Gasteiger partial charge in [-0.3, -0.25) is 0 Å². The molecule has 0 aliphatic carbocycles. The van der Waals surface area contributed by atoms with Crippen molar-refractivity contribution >= 4 is 5.69 Å². The van der Waals surface area contributed by atoms with Gasteiger partial charge in [-0.1, -0.05) is 0 Å². The van der Waals surface area contributed by atoms with Crippen molar-refractivity contribution in [2.75, 3.05) is 33.1 Å². The highest BCUT2D eigenvalue weighted by molar-refractivity contribution is 5.46. The third-order valence-electron chi connectivity index (χ3n) is 2.51. The van der Waals surface area contributed by atoms with Crippen LogP contribution >= 0.6 is 0 Å². The van der Waals surface area contributed by atoms with Crippen molar-refractivity contribution < 1.29 is 4.74 Å². The highest BCUT2D eigenvalue weighted by Crippen LogP contribution is 2.16. The van der Waals surface area contributed by atoms with E-state index in [0.717, 1.165) is 24.4 Å². The van der Waals surface area contributed by atoms with E-state index in [4.69, 9.17) is 4.74 Å². The quantitative estimate of drug-likeness (QED) is 0.800. The molecule has 1 unspecified atom stereocenters. The van der Waals surface area contributed by atoms with Gasteiger partial charge >= 0.3 is 0 Å². The SMILES string of the molecule is COc1ccc(NC(C)CCN(C)C)cc1. The normalized spacial score (nSPS) is 12.6. The highest BCUT2D eigenvalue weighted by atomic mass is 16.5. The summed E-state index contributed by atoms with van der Waals surface area (Å²) in [5.74, 6) is 0.895. The molecule has 16 heavy (non-hydrogen) atoms. The molecule has 0 radical (unpaired) electrons. The molecule has 1 atom stereocenters. The van der Waals surface area contributed by atoms with E-state index in [1.807, 2.05) is 24.3 Å². The maximum absolute atomic E-state index is 5.12. The summed E-state index contributed by atoms with van der Waals surface area (Å²) in [6, 6.07) is 8.52. The average molecular weight is 222 g/mol. The molecule has 1 aromatic rings. The molecule has 0 aromatic heterocycles. The molecule has 0 spiro atoms. The summed E-state index contributed by atoms with van der Waals surface area (Å²) in [5, 5.41) is 3.47. The molecule has 0 saturated heterocycles. The lowest BCUT2D eigenvalue weighted by molar-refractivity contribution is 0.390. The van der Waals surface area contributed by atoms with E-state index < -0.39 is 0 Å². The largest absolute Gasteiger partial charge is 0.497 e. The maximum Gasteiger partial charge on any atom is 0.119 e. The molecule has 90 valence electrons. The molecule has 0 heterocycles. The van der Waals surface area contributed by atoms with Crippen LogP contribution in [0, 0.1) is 0 Å². The fourth-order valence-corrected chi connectivity index (χ4v) is 1.50. The predicted molar refractivity (Wildman–Crippen MR) is 69.2 cm³/mol. The van der Waals surface area contributed by atoms with Crippen LogP contribution in [-0.4, -0.2) is 38.7 Å². The second-order valence-corrected chi connectivity index (χ2v) is 4.37. The van der Waals surface area contributed by atoms with Crippen LogP contribution < -0.4 is 10.1 Å². The number of ether oxygens (including phenoxy) is 1. The molecule has 3 heteroatoms. The first-order chi connectivity index (χ1) is 7.61. The zero-order valence-electron chi connectivity index (χ0n) is 10.7. The van der Waals surface area contributed by atoms with E-state index in [1.54, 1.807) is 7.11 Å². The van der Waals surface area contributed by atoms with E-state index >= 15 is 0 Å². The molecule has 0 fully saturated rings. The summed E-state index contributed by atoms with van der Waals surface area (Å²) in [5.41, 5.74) is 1.15. The Morgan fingerprint density at radius 3 is 2.38 bits per heavy atom. The van der Waals surface area contributed by atoms with Gasteiger partial charge in [0, 0.05) is 11.7 Å². The number of hydrogen-bond acceptors (Lipinski definition) is 3. The van der Waals surface area contributed by atoms with Crippen LogP contribution in [0.15, 0.2) is 24.3 Å². The Morgan fingerprint density at radius 1 is 1.25 bits per heavy atom. The van der Waals surface area contributed by atoms with Gasteiger partial charge in [-0.25, -0.2) is 0 Å². The number of rotatable bonds is 6. The molecule has 0 saturated carbocycles. The van der Waals surface area contributed by atoms with Crippen molar-refractivity contribution in [1.82, 2.24) is 4.90 Å². The minimum atomic E-state index is 0.482. The van der Waals surface area contributed by atoms with Crippen molar-refractivity contribution in [3.63, 3.8) is 0 Å². The van der Waals surface area contributed by atoms with Gasteiger partial charge < -0.3 is 15.0 Å². The highest BCUT2D eigenvalue weighted by Gasteiger charge is 2.02. The van der Waals surface area contributed by atoms with Crippen LogP contribution in [-0.2, 0) is 0 Å². The Bertz CT molecular complexity index is 295. The van der Waals surface area contributed by atoms with Crippen LogP contribution in [0.2, 0.25) is 0 Å². The van der Waals surface area contributed by atoms with Crippen LogP contribution in [0.4, 0.5) is 5.69 Å². The molecule has 1 rings (SSSR count). The number of anilines is 1. The zero-order chi connectivity index (χ0) is 12.0. The minimum Gasteiger partial charge on any atom is -0.497 e. The molecular formula is C13H22N2O. The van der Waals surface area contributed by atoms with E-state index in [9.17, 15) is 0 Å². The van der Waals surface area contributed by atoms with Gasteiger partial charge in [0.1, 0.15) is 5.75 Å². The third kappa shape index (κ3) is 4.53. The lowest BCUT2D eigenvalue weighted by Gasteiger charge is -2.17. The number of nitrogens with zero attached hydrogens (tertiary/aromatic N) is 1. The minimum absolute atomic E-state index is 0.482. The van der Waals surface area contributed by atoms with Gasteiger partial charge in [0.25, 0.3) is 0 Å². The zero-order valence-corrected chi connectivity index (χ0v) is 10.7. The van der Waals surface area contributed by atoms with Gasteiger partial charge in [-0.15, -0.1) is 0 Å². The number of nitrogens with one attached hydrogen (secondary N) is 1. The molecule has 3 nitrogen and oxygen atoms in total. The smallest absolute Gasteiger partial charge is 0.119 e. The fraction of sp³-hybridized carbons (Fsp3) is 0.538. The van der Waals surface area contributed by atoms with Crippen LogP contribution in [0.25, 0.3) is 0 Å². The van der Waals surface area contributed by atoms with Gasteiger partial charge in [0.05, 0.1) is 7.11 Å². The molecule has 0 aliphatic heterocycles. The van der Waals surface area contributed by atoms with E-state index in [2.05, 4.69) is 31.2 Å². The lowest BCUT2D eigenvalue weighted by atomic mass is 10.2. The fourth-order valence-electron chi connectivity index (χ4n) is 1.50. The topological polar surface area (TPSA) is 24.5 Å². The Morgan fingerprint density at radius 2 is 1.88 bits per heavy atom. The van der Waals surface area contributed by atoms with Crippen LogP contribution in [0.3, 0.4) is 0 Å². The molecular weight excluding hydrogens is 200 g/mol. The second kappa shape index (κ2) is 6.38. The number of methoxy groups -OCH3 is 1. The van der Waals surface area contributed by atoms with Gasteiger partial charge in [0.15, 0.2) is 0 Å². The first-order valence-electron chi connectivity index (χ1n) is 5.67. The Hall–Kier alpha value is -1.22. The summed E-state index contributed by atoms with van der Waals surface area (Å²) in [4.78, 5) is 2.20. The first kappa shape index (κ1) is 12.8. The van der Waals surface area contributed by atoms with Crippen LogP contribution in [0.1, 0.15) is 13.3 Å². The number of hydrogen-bond donors (Lipinski definition) is 1. The Kier molecular flexibility index (Phi) is 5.12. The number of benzene rings is 1. The first-order valence-corrected chi connectivity index (χ1v) is 5.67. The summed E-state index contributed by atoms with van der Waals surface area (Å²) in [6.45, 7) is 3.30. The summed E-state index contributed by atoms with van der Waals surface area (Å²) in [6.07, 6.45) is 1.14. The molecule has 0 aliphatic rings. The summed E-state index contributed by atoms with van der Waals surface area (Å²) < 4.78 is 5.12. The van der Waals surface area contributed by atoms with E-state index in [1.165, 1.54) is 0 Å². The monoisotopic (exact) mass is 222 g/mol. The van der Waals surface area contributed by atoms with Gasteiger partial charge in [-0.05, 0) is 58.3 Å². The molecule has 1 N–H and O–H groups in total. The predicted octanol–water partition coefficient (Wildman–Crippen LogP) is 2.45. The van der Waals surface area contributed by atoms with E-state index in [-0.39, 0.29) is 0 Å². The lowest BCUT2D eigenvalue weighted by Crippen LogP contribution is -2.22. The molecule has 0 bridgehead atoms. The van der Waals surface area contributed by atoms with Crippen molar-refractivity contribution in [1.29, 1.82) is 0 Å². The molecule has 0 amide bonds. The van der Waals surface area contributed by atoms with Crippen molar-refractivity contribution in [3.05, 3.63) is 24.3 Å². The van der Waals surface area contributed by atoms with E-state index in [0.29, 0.717) is 6.04 Å². The van der Waals surface area contributed by atoms with Crippen molar-refractivity contribution in [2.24, 2.45) is 0 Å². The Labute approximate surface area is 98.4 Å².